The van der Waals surface area contributed by atoms with E-state index in [0.717, 1.165) is 16.9 Å². The van der Waals surface area contributed by atoms with E-state index in [0.29, 0.717) is 0 Å². The van der Waals surface area contributed by atoms with E-state index in [-0.39, 0.29) is 11.3 Å². The number of hydrogen-bond donors (Lipinski definition) is 3. The predicted octanol–water partition coefficient (Wildman–Crippen LogP) is 2.39. The van der Waals surface area contributed by atoms with Gasteiger partial charge in [0.05, 0.1) is 11.7 Å². The van der Waals surface area contributed by atoms with Gasteiger partial charge in [0.1, 0.15) is 0 Å². The fourth-order valence-electron chi connectivity index (χ4n) is 1.79. The Labute approximate surface area is 118 Å². The summed E-state index contributed by atoms with van der Waals surface area (Å²) in [7, 11) is 0. The van der Waals surface area contributed by atoms with Crippen molar-refractivity contribution in [1.29, 1.82) is 0 Å². The quantitative estimate of drug-likeness (QED) is 0.802. The summed E-state index contributed by atoms with van der Waals surface area (Å²) in [6, 6.07) is 8.88. The lowest BCUT2D eigenvalue weighted by atomic mass is 9.87. The maximum atomic E-state index is 12.1. The Hall–Kier alpha value is -2.14. The SMILES string of the molecule is CC(C)(C)[C@@H](N)C(=O)Nc1cccc(-c2ccn[nH]2)c1. The number of anilines is 1. The van der Waals surface area contributed by atoms with Crippen LogP contribution in [-0.4, -0.2) is 22.1 Å². The molecular formula is C15H20N4O. The molecular weight excluding hydrogens is 252 g/mol. The maximum absolute atomic E-state index is 12.1. The van der Waals surface area contributed by atoms with Crippen LogP contribution in [0.25, 0.3) is 11.3 Å². The van der Waals surface area contributed by atoms with E-state index >= 15 is 0 Å². The molecule has 5 nitrogen and oxygen atoms in total. The highest BCUT2D eigenvalue weighted by molar-refractivity contribution is 5.95. The lowest BCUT2D eigenvalue weighted by Crippen LogP contribution is -2.45. The fraction of sp³-hybridized carbons (Fsp3) is 0.333. The molecule has 0 spiro atoms. The summed E-state index contributed by atoms with van der Waals surface area (Å²) in [6.07, 6.45) is 1.69. The van der Waals surface area contributed by atoms with Crippen LogP contribution in [0.4, 0.5) is 5.69 Å². The van der Waals surface area contributed by atoms with Gasteiger partial charge in [0.15, 0.2) is 0 Å². The van der Waals surface area contributed by atoms with E-state index in [2.05, 4.69) is 15.5 Å². The number of benzene rings is 1. The molecule has 1 aromatic carbocycles. The van der Waals surface area contributed by atoms with E-state index in [9.17, 15) is 4.79 Å². The first-order valence-corrected chi connectivity index (χ1v) is 6.54. The van der Waals surface area contributed by atoms with E-state index < -0.39 is 6.04 Å². The van der Waals surface area contributed by atoms with Gasteiger partial charge in [-0.3, -0.25) is 9.89 Å². The molecule has 1 aromatic heterocycles. The van der Waals surface area contributed by atoms with Crippen molar-refractivity contribution in [3.8, 4) is 11.3 Å². The molecule has 0 saturated carbocycles. The molecule has 0 fully saturated rings. The molecule has 4 N–H and O–H groups in total. The predicted molar refractivity (Wildman–Crippen MR) is 80.1 cm³/mol. The molecule has 1 atom stereocenters. The molecule has 0 unspecified atom stereocenters. The molecule has 2 rings (SSSR count). The van der Waals surface area contributed by atoms with E-state index in [4.69, 9.17) is 5.73 Å². The van der Waals surface area contributed by atoms with Gasteiger partial charge in [-0.05, 0) is 23.6 Å². The smallest absolute Gasteiger partial charge is 0.241 e. The molecule has 2 aromatic rings. The Morgan fingerprint density at radius 1 is 1.35 bits per heavy atom. The highest BCUT2D eigenvalue weighted by Gasteiger charge is 2.27. The van der Waals surface area contributed by atoms with Crippen LogP contribution in [-0.2, 0) is 4.79 Å². The second-order valence-corrected chi connectivity index (χ2v) is 5.88. The van der Waals surface area contributed by atoms with Gasteiger partial charge in [-0.2, -0.15) is 5.10 Å². The minimum Gasteiger partial charge on any atom is -0.325 e. The van der Waals surface area contributed by atoms with Crippen LogP contribution in [0.15, 0.2) is 36.5 Å². The Balaban J connectivity index is 2.15. The average Bonchev–Trinajstić information content (AvgIpc) is 2.91. The van der Waals surface area contributed by atoms with Gasteiger partial charge < -0.3 is 11.1 Å². The zero-order valence-electron chi connectivity index (χ0n) is 12.0. The Bertz CT molecular complexity index is 584. The van der Waals surface area contributed by atoms with Crippen LogP contribution in [0, 0.1) is 5.41 Å². The molecule has 106 valence electrons. The number of hydrogen-bond acceptors (Lipinski definition) is 3. The second-order valence-electron chi connectivity index (χ2n) is 5.88. The van der Waals surface area contributed by atoms with E-state index in [1.165, 1.54) is 0 Å². The molecule has 0 radical (unpaired) electrons. The molecule has 20 heavy (non-hydrogen) atoms. The monoisotopic (exact) mass is 272 g/mol. The number of aromatic amines is 1. The van der Waals surface area contributed by atoms with Crippen LogP contribution < -0.4 is 11.1 Å². The van der Waals surface area contributed by atoms with Gasteiger partial charge in [0, 0.05) is 17.4 Å². The largest absolute Gasteiger partial charge is 0.325 e. The van der Waals surface area contributed by atoms with Crippen molar-refractivity contribution in [3.05, 3.63) is 36.5 Å². The highest BCUT2D eigenvalue weighted by atomic mass is 16.2. The molecule has 1 heterocycles. The van der Waals surface area contributed by atoms with Crippen molar-refractivity contribution < 1.29 is 4.79 Å². The first-order valence-electron chi connectivity index (χ1n) is 6.54. The average molecular weight is 272 g/mol. The summed E-state index contributed by atoms with van der Waals surface area (Å²) in [5.41, 5.74) is 8.26. The van der Waals surface area contributed by atoms with Gasteiger partial charge in [-0.15, -0.1) is 0 Å². The van der Waals surface area contributed by atoms with Gasteiger partial charge in [-0.1, -0.05) is 32.9 Å². The van der Waals surface area contributed by atoms with Crippen LogP contribution >= 0.6 is 0 Å². The third-order valence-electron chi connectivity index (χ3n) is 3.16. The Kier molecular flexibility index (Phi) is 3.90. The van der Waals surface area contributed by atoms with Crippen LogP contribution in [0.1, 0.15) is 20.8 Å². The van der Waals surface area contributed by atoms with Crippen molar-refractivity contribution in [2.75, 3.05) is 5.32 Å². The third kappa shape index (κ3) is 3.24. The maximum Gasteiger partial charge on any atom is 0.241 e. The van der Waals surface area contributed by atoms with Gasteiger partial charge >= 0.3 is 0 Å². The molecule has 0 aliphatic carbocycles. The highest BCUT2D eigenvalue weighted by Crippen LogP contribution is 2.22. The van der Waals surface area contributed by atoms with Crippen LogP contribution in [0.3, 0.4) is 0 Å². The number of nitrogens with two attached hydrogens (primary N) is 1. The number of amides is 1. The Morgan fingerprint density at radius 3 is 2.70 bits per heavy atom. The molecule has 1 amide bonds. The lowest BCUT2D eigenvalue weighted by Gasteiger charge is -2.25. The number of H-pyrrole nitrogens is 1. The number of carbonyl (C=O) groups is 1. The molecule has 0 aliphatic rings. The van der Waals surface area contributed by atoms with Gasteiger partial charge in [-0.25, -0.2) is 0 Å². The number of aromatic nitrogens is 2. The summed E-state index contributed by atoms with van der Waals surface area (Å²) in [5.74, 6) is -0.181. The van der Waals surface area contributed by atoms with Crippen molar-refractivity contribution in [1.82, 2.24) is 10.2 Å². The van der Waals surface area contributed by atoms with Crippen molar-refractivity contribution in [2.45, 2.75) is 26.8 Å². The van der Waals surface area contributed by atoms with Crippen molar-refractivity contribution in [3.63, 3.8) is 0 Å². The fourth-order valence-corrected chi connectivity index (χ4v) is 1.79. The van der Waals surface area contributed by atoms with E-state index in [1.807, 2.05) is 51.1 Å². The summed E-state index contributed by atoms with van der Waals surface area (Å²) >= 11 is 0. The summed E-state index contributed by atoms with van der Waals surface area (Å²) in [6.45, 7) is 5.83. The standard InChI is InChI=1S/C15H20N4O/c1-15(2,3)13(16)14(20)18-11-6-4-5-10(9-11)12-7-8-17-19-12/h4-9,13H,16H2,1-3H3,(H,17,19)(H,18,20)/t13-/m0/s1. The third-order valence-corrected chi connectivity index (χ3v) is 3.16. The summed E-state index contributed by atoms with van der Waals surface area (Å²) in [5, 5.41) is 9.66. The molecule has 0 bridgehead atoms. The minimum atomic E-state index is -0.557. The Morgan fingerprint density at radius 2 is 2.10 bits per heavy atom. The number of carbonyl (C=O) groups excluding carboxylic acids is 1. The number of nitrogens with one attached hydrogen (secondary N) is 2. The first-order chi connectivity index (χ1) is 9.38. The summed E-state index contributed by atoms with van der Waals surface area (Å²) < 4.78 is 0. The lowest BCUT2D eigenvalue weighted by molar-refractivity contribution is -0.119. The topological polar surface area (TPSA) is 83.8 Å². The first kappa shape index (κ1) is 14.3. The normalized spacial score (nSPS) is 13.0. The molecule has 0 saturated heterocycles. The summed E-state index contributed by atoms with van der Waals surface area (Å²) in [4.78, 5) is 12.1. The zero-order chi connectivity index (χ0) is 14.8. The second kappa shape index (κ2) is 5.46. The molecule has 5 heteroatoms. The zero-order valence-corrected chi connectivity index (χ0v) is 12.0. The van der Waals surface area contributed by atoms with Crippen LogP contribution in [0.2, 0.25) is 0 Å². The number of nitrogens with zero attached hydrogens (tertiary/aromatic N) is 1. The number of rotatable bonds is 3. The van der Waals surface area contributed by atoms with Gasteiger partial charge in [0.25, 0.3) is 0 Å². The van der Waals surface area contributed by atoms with Crippen LogP contribution in [0.5, 0.6) is 0 Å². The van der Waals surface area contributed by atoms with Gasteiger partial charge in [0.2, 0.25) is 5.91 Å². The minimum absolute atomic E-state index is 0.181. The van der Waals surface area contributed by atoms with Crippen molar-refractivity contribution >= 4 is 11.6 Å². The molecule has 0 aliphatic heterocycles. The van der Waals surface area contributed by atoms with E-state index in [1.54, 1.807) is 6.20 Å². The van der Waals surface area contributed by atoms with Crippen molar-refractivity contribution in [2.24, 2.45) is 11.1 Å².